The van der Waals surface area contributed by atoms with Gasteiger partial charge in [-0.15, -0.1) is 0 Å². The Bertz CT molecular complexity index is 962. The van der Waals surface area contributed by atoms with Crippen molar-refractivity contribution >= 4 is 23.8 Å². The van der Waals surface area contributed by atoms with Crippen LogP contribution in [0.25, 0.3) is 0 Å². The first kappa shape index (κ1) is 34.7. The van der Waals surface area contributed by atoms with Crippen LogP contribution in [0.4, 0.5) is 4.79 Å². The second-order valence-corrected chi connectivity index (χ2v) is 11.3. The molecule has 226 valence electrons. The molecule has 1 aromatic rings. The number of alkyl carbamates (subject to hydrolysis) is 1. The van der Waals surface area contributed by atoms with Gasteiger partial charge in [0.15, 0.2) is 0 Å². The van der Waals surface area contributed by atoms with Crippen molar-refractivity contribution in [2.45, 2.75) is 123 Å². The van der Waals surface area contributed by atoms with Crippen LogP contribution >= 0.6 is 0 Å². The molecule has 0 fully saturated rings. The average Bonchev–Trinajstić information content (AvgIpc) is 2.84. The van der Waals surface area contributed by atoms with Gasteiger partial charge in [0.1, 0.15) is 23.4 Å². The molecular formula is C30H50N4O6. The van der Waals surface area contributed by atoms with Crippen molar-refractivity contribution in [1.82, 2.24) is 15.5 Å². The molecule has 1 rings (SSSR count). The number of ether oxygens (including phenoxy) is 1. The van der Waals surface area contributed by atoms with Crippen molar-refractivity contribution in [1.29, 1.82) is 0 Å². The minimum absolute atomic E-state index is 0.0376. The van der Waals surface area contributed by atoms with Crippen molar-refractivity contribution in [3.05, 3.63) is 29.8 Å². The fourth-order valence-corrected chi connectivity index (χ4v) is 4.44. The van der Waals surface area contributed by atoms with E-state index in [1.54, 1.807) is 32.9 Å². The molecule has 0 aliphatic rings. The SMILES string of the molecule is CCCCCCCN(C(=O)C(CCC(N)=O)NC(=O)OC(C)(C)C)C(C(=O)NC(C)CCC)c1cccc(O)c1. The van der Waals surface area contributed by atoms with E-state index in [1.807, 2.05) is 13.8 Å². The van der Waals surface area contributed by atoms with Crippen LogP contribution in [0.1, 0.15) is 111 Å². The Kier molecular flexibility index (Phi) is 15.1. The molecule has 0 aliphatic carbocycles. The van der Waals surface area contributed by atoms with E-state index in [2.05, 4.69) is 17.6 Å². The van der Waals surface area contributed by atoms with E-state index in [-0.39, 0.29) is 37.1 Å². The number of rotatable bonds is 17. The normalized spacial score (nSPS) is 13.6. The molecule has 3 atom stereocenters. The first-order valence-electron chi connectivity index (χ1n) is 14.5. The molecule has 4 amide bonds. The molecule has 0 aliphatic heterocycles. The zero-order valence-corrected chi connectivity index (χ0v) is 25.1. The summed E-state index contributed by atoms with van der Waals surface area (Å²) in [6.07, 6.45) is 5.19. The Labute approximate surface area is 239 Å². The third-order valence-corrected chi connectivity index (χ3v) is 6.31. The summed E-state index contributed by atoms with van der Waals surface area (Å²) in [6.45, 7) is 11.4. The number of aromatic hydroxyl groups is 1. The second kappa shape index (κ2) is 17.4. The summed E-state index contributed by atoms with van der Waals surface area (Å²) in [5.41, 5.74) is 5.01. The number of hydrogen-bond acceptors (Lipinski definition) is 6. The highest BCUT2D eigenvalue weighted by Crippen LogP contribution is 2.27. The fraction of sp³-hybridized carbons (Fsp3) is 0.667. The number of benzene rings is 1. The lowest BCUT2D eigenvalue weighted by atomic mass is 10.00. The molecule has 3 unspecified atom stereocenters. The van der Waals surface area contributed by atoms with Crippen LogP contribution in [0.2, 0.25) is 0 Å². The highest BCUT2D eigenvalue weighted by molar-refractivity contribution is 5.92. The Hall–Kier alpha value is -3.30. The largest absolute Gasteiger partial charge is 0.508 e. The van der Waals surface area contributed by atoms with Crippen LogP contribution < -0.4 is 16.4 Å². The molecular weight excluding hydrogens is 512 g/mol. The monoisotopic (exact) mass is 562 g/mol. The molecule has 0 heterocycles. The average molecular weight is 563 g/mol. The number of primary amides is 1. The highest BCUT2D eigenvalue weighted by atomic mass is 16.6. The number of phenolic OH excluding ortho intramolecular Hbond substituents is 1. The van der Waals surface area contributed by atoms with E-state index in [9.17, 15) is 24.3 Å². The maximum atomic E-state index is 14.2. The molecule has 1 aromatic carbocycles. The molecule has 0 saturated carbocycles. The lowest BCUT2D eigenvalue weighted by Crippen LogP contribution is -2.54. The Morgan fingerprint density at radius 3 is 2.25 bits per heavy atom. The number of hydrogen-bond donors (Lipinski definition) is 4. The van der Waals surface area contributed by atoms with Gasteiger partial charge in [-0.05, 0) is 64.7 Å². The van der Waals surface area contributed by atoms with Crippen molar-refractivity contribution in [2.24, 2.45) is 5.73 Å². The van der Waals surface area contributed by atoms with Crippen LogP contribution in [0.5, 0.6) is 5.75 Å². The van der Waals surface area contributed by atoms with E-state index < -0.39 is 35.6 Å². The van der Waals surface area contributed by atoms with Gasteiger partial charge in [-0.2, -0.15) is 0 Å². The number of carbonyl (C=O) groups is 4. The van der Waals surface area contributed by atoms with Gasteiger partial charge in [-0.25, -0.2) is 4.79 Å². The first-order valence-corrected chi connectivity index (χ1v) is 14.5. The van der Waals surface area contributed by atoms with E-state index in [1.165, 1.54) is 17.0 Å². The Morgan fingerprint density at radius 1 is 1.00 bits per heavy atom. The molecule has 0 saturated heterocycles. The lowest BCUT2D eigenvalue weighted by molar-refractivity contribution is -0.143. The smallest absolute Gasteiger partial charge is 0.408 e. The van der Waals surface area contributed by atoms with Crippen molar-refractivity contribution in [3.63, 3.8) is 0 Å². The quantitative estimate of drug-likeness (QED) is 0.202. The van der Waals surface area contributed by atoms with E-state index in [0.29, 0.717) is 12.0 Å². The van der Waals surface area contributed by atoms with Crippen LogP contribution in [0.15, 0.2) is 24.3 Å². The van der Waals surface area contributed by atoms with Gasteiger partial charge in [0.2, 0.25) is 17.7 Å². The van der Waals surface area contributed by atoms with Gasteiger partial charge in [-0.1, -0.05) is 58.1 Å². The number of unbranched alkanes of at least 4 members (excludes halogenated alkanes) is 4. The molecule has 5 N–H and O–H groups in total. The minimum Gasteiger partial charge on any atom is -0.508 e. The number of phenols is 1. The van der Waals surface area contributed by atoms with Crippen LogP contribution in [0, 0.1) is 0 Å². The summed E-state index contributed by atoms with van der Waals surface area (Å²) < 4.78 is 5.37. The standard InChI is InChI=1S/C30H50N4O6/c1-7-9-10-11-12-19-34(28(38)24(17-18-25(31)36)33-29(39)40-30(4,5)6)26(22-15-13-16-23(35)20-22)27(37)32-21(3)14-8-2/h13,15-16,20-21,24,26,35H,7-12,14,17-19H2,1-6H3,(H2,31,36)(H,32,37)(H,33,39). The summed E-state index contributed by atoms with van der Waals surface area (Å²) in [7, 11) is 0. The number of carbonyl (C=O) groups excluding carboxylic acids is 4. The van der Waals surface area contributed by atoms with E-state index >= 15 is 0 Å². The molecule has 40 heavy (non-hydrogen) atoms. The fourth-order valence-electron chi connectivity index (χ4n) is 4.44. The van der Waals surface area contributed by atoms with Crippen molar-refractivity contribution in [3.8, 4) is 5.75 Å². The molecule has 0 aromatic heterocycles. The van der Waals surface area contributed by atoms with E-state index in [0.717, 1.165) is 38.5 Å². The maximum absolute atomic E-state index is 14.2. The summed E-state index contributed by atoms with van der Waals surface area (Å²) in [6, 6.07) is 3.91. The predicted octanol–water partition coefficient (Wildman–Crippen LogP) is 4.70. The zero-order valence-electron chi connectivity index (χ0n) is 25.1. The summed E-state index contributed by atoms with van der Waals surface area (Å²) >= 11 is 0. The minimum atomic E-state index is -1.15. The lowest BCUT2D eigenvalue weighted by Gasteiger charge is -2.35. The van der Waals surface area contributed by atoms with Crippen molar-refractivity contribution < 1.29 is 29.0 Å². The third kappa shape index (κ3) is 13.2. The van der Waals surface area contributed by atoms with Gasteiger partial charge < -0.3 is 31.1 Å². The molecule has 0 spiro atoms. The van der Waals surface area contributed by atoms with Crippen LogP contribution in [-0.2, 0) is 19.1 Å². The molecule has 10 heteroatoms. The highest BCUT2D eigenvalue weighted by Gasteiger charge is 2.36. The van der Waals surface area contributed by atoms with Crippen LogP contribution in [-0.4, -0.2) is 58.1 Å². The van der Waals surface area contributed by atoms with Gasteiger partial charge in [-0.3, -0.25) is 14.4 Å². The summed E-state index contributed by atoms with van der Waals surface area (Å²) in [5, 5.41) is 15.8. The third-order valence-electron chi connectivity index (χ3n) is 6.31. The van der Waals surface area contributed by atoms with Crippen LogP contribution in [0.3, 0.4) is 0 Å². The summed E-state index contributed by atoms with van der Waals surface area (Å²) in [4.78, 5) is 53.6. The van der Waals surface area contributed by atoms with Gasteiger partial charge in [0.05, 0.1) is 0 Å². The molecule has 0 bridgehead atoms. The Morgan fingerprint density at radius 2 is 1.68 bits per heavy atom. The number of nitrogens with one attached hydrogen (secondary N) is 2. The summed E-state index contributed by atoms with van der Waals surface area (Å²) in [5.74, 6) is -1.58. The number of nitrogens with two attached hydrogens (primary N) is 1. The van der Waals surface area contributed by atoms with Gasteiger partial charge >= 0.3 is 6.09 Å². The molecule has 10 nitrogen and oxygen atoms in total. The van der Waals surface area contributed by atoms with E-state index in [4.69, 9.17) is 10.5 Å². The van der Waals surface area contributed by atoms with Gasteiger partial charge in [0.25, 0.3) is 0 Å². The first-order chi connectivity index (χ1) is 18.8. The van der Waals surface area contributed by atoms with Gasteiger partial charge in [0, 0.05) is 19.0 Å². The number of amides is 4. The maximum Gasteiger partial charge on any atom is 0.408 e. The second-order valence-electron chi connectivity index (χ2n) is 11.3. The molecule has 0 radical (unpaired) electrons. The Balaban J connectivity index is 3.51. The number of nitrogens with zero attached hydrogens (tertiary/aromatic N) is 1. The predicted molar refractivity (Wildman–Crippen MR) is 155 cm³/mol. The van der Waals surface area contributed by atoms with Crippen molar-refractivity contribution in [2.75, 3.05) is 6.54 Å². The topological polar surface area (TPSA) is 151 Å². The zero-order chi connectivity index (χ0) is 30.3.